The van der Waals surface area contributed by atoms with Gasteiger partial charge in [0.1, 0.15) is 5.75 Å². The van der Waals surface area contributed by atoms with Crippen LogP contribution in [0.3, 0.4) is 0 Å². The molecule has 0 aliphatic carbocycles. The molecule has 0 spiro atoms. The van der Waals surface area contributed by atoms with E-state index in [2.05, 4.69) is 35.3 Å². The first-order valence-corrected chi connectivity index (χ1v) is 6.58. The van der Waals surface area contributed by atoms with Crippen LogP contribution in [0.25, 0.3) is 11.1 Å². The maximum absolute atomic E-state index is 9.31. The first-order valence-electron chi connectivity index (χ1n) is 6.58. The van der Waals surface area contributed by atoms with Crippen molar-refractivity contribution in [3.8, 4) is 16.9 Å². The van der Waals surface area contributed by atoms with Gasteiger partial charge in [0.2, 0.25) is 0 Å². The van der Waals surface area contributed by atoms with E-state index in [0.717, 1.165) is 17.5 Å². The number of hydrogen-bond donors (Lipinski definition) is 1. The molecule has 0 fully saturated rings. The van der Waals surface area contributed by atoms with Gasteiger partial charge in [-0.3, -0.25) is 4.98 Å². The number of phenolic OH excluding ortho intramolecular Hbond substituents is 1. The highest BCUT2D eigenvalue weighted by molar-refractivity contribution is 5.64. The van der Waals surface area contributed by atoms with Crippen LogP contribution in [-0.2, 0) is 6.42 Å². The molecule has 0 saturated heterocycles. The molecule has 0 radical (unpaired) electrons. The lowest BCUT2D eigenvalue weighted by Gasteiger charge is -2.05. The Labute approximate surface area is 118 Å². The van der Waals surface area contributed by atoms with E-state index in [1.54, 1.807) is 18.3 Å². The number of nitrogens with zero attached hydrogens (tertiary/aromatic N) is 1. The molecule has 2 heteroatoms. The Balaban J connectivity index is 1.79. The Bertz CT molecular complexity index is 673. The van der Waals surface area contributed by atoms with Crippen molar-refractivity contribution < 1.29 is 5.11 Å². The largest absolute Gasteiger partial charge is 0.508 e. The molecule has 1 heterocycles. The highest BCUT2D eigenvalue weighted by Crippen LogP contribution is 2.22. The normalized spacial score (nSPS) is 10.4. The van der Waals surface area contributed by atoms with Gasteiger partial charge in [-0.05, 0) is 46.9 Å². The van der Waals surface area contributed by atoms with Gasteiger partial charge in [-0.15, -0.1) is 0 Å². The molecular weight excluding hydrogens is 246 g/mol. The zero-order valence-corrected chi connectivity index (χ0v) is 11.0. The highest BCUT2D eigenvalue weighted by atomic mass is 16.3. The van der Waals surface area contributed by atoms with Crippen molar-refractivity contribution in [3.05, 3.63) is 84.2 Å². The van der Waals surface area contributed by atoms with E-state index in [-0.39, 0.29) is 0 Å². The molecule has 1 aromatic heterocycles. The molecule has 0 bridgehead atoms. The van der Waals surface area contributed by atoms with E-state index in [9.17, 15) is 5.11 Å². The zero-order chi connectivity index (χ0) is 13.8. The van der Waals surface area contributed by atoms with E-state index < -0.39 is 0 Å². The highest BCUT2D eigenvalue weighted by Gasteiger charge is 2.00. The Morgan fingerprint density at radius 2 is 1.40 bits per heavy atom. The number of rotatable bonds is 3. The minimum absolute atomic E-state index is 0.293. The van der Waals surface area contributed by atoms with Crippen LogP contribution in [-0.4, -0.2) is 10.1 Å². The van der Waals surface area contributed by atoms with Crippen LogP contribution in [0, 0.1) is 0 Å². The van der Waals surface area contributed by atoms with Crippen molar-refractivity contribution in [2.45, 2.75) is 6.42 Å². The number of hydrogen-bond acceptors (Lipinski definition) is 2. The summed E-state index contributed by atoms with van der Waals surface area (Å²) in [5, 5.41) is 9.31. The van der Waals surface area contributed by atoms with Crippen molar-refractivity contribution in [1.82, 2.24) is 4.98 Å². The number of aromatic nitrogens is 1. The van der Waals surface area contributed by atoms with Gasteiger partial charge in [-0.1, -0.05) is 42.5 Å². The zero-order valence-electron chi connectivity index (χ0n) is 11.0. The molecule has 1 N–H and O–H groups in total. The summed E-state index contributed by atoms with van der Waals surface area (Å²) in [7, 11) is 0. The summed E-state index contributed by atoms with van der Waals surface area (Å²) in [5.74, 6) is 0.293. The Kier molecular flexibility index (Phi) is 3.46. The molecular formula is C18H15NO. The van der Waals surface area contributed by atoms with E-state index in [0.29, 0.717) is 5.75 Å². The predicted octanol–water partition coefficient (Wildman–Crippen LogP) is 4.05. The monoisotopic (exact) mass is 261 g/mol. The third-order valence-corrected chi connectivity index (χ3v) is 3.29. The molecule has 0 atom stereocenters. The van der Waals surface area contributed by atoms with Crippen molar-refractivity contribution in [2.24, 2.45) is 0 Å². The molecule has 0 aliphatic rings. The molecule has 0 aliphatic heterocycles. The van der Waals surface area contributed by atoms with Crippen LogP contribution >= 0.6 is 0 Å². The van der Waals surface area contributed by atoms with E-state index >= 15 is 0 Å². The molecule has 20 heavy (non-hydrogen) atoms. The van der Waals surface area contributed by atoms with Crippen LogP contribution in [0.4, 0.5) is 0 Å². The quantitative estimate of drug-likeness (QED) is 0.771. The summed E-state index contributed by atoms with van der Waals surface area (Å²) < 4.78 is 0. The molecule has 3 rings (SSSR count). The van der Waals surface area contributed by atoms with E-state index in [4.69, 9.17) is 0 Å². The second-order valence-corrected chi connectivity index (χ2v) is 4.78. The average molecular weight is 261 g/mol. The Morgan fingerprint density at radius 3 is 2.00 bits per heavy atom. The lowest BCUT2D eigenvalue weighted by molar-refractivity contribution is 0.475. The van der Waals surface area contributed by atoms with Crippen LogP contribution in [0.15, 0.2) is 73.1 Å². The first-order chi connectivity index (χ1) is 9.81. The van der Waals surface area contributed by atoms with Gasteiger partial charge in [0.05, 0.1) is 0 Å². The van der Waals surface area contributed by atoms with Gasteiger partial charge in [-0.2, -0.15) is 0 Å². The number of phenols is 1. The van der Waals surface area contributed by atoms with Crippen molar-refractivity contribution in [1.29, 1.82) is 0 Å². The molecule has 0 amide bonds. The molecule has 3 aromatic rings. The third kappa shape index (κ3) is 2.86. The van der Waals surface area contributed by atoms with Crippen molar-refractivity contribution in [3.63, 3.8) is 0 Å². The SMILES string of the molecule is Oc1ccc(-c2ccc(Cc3cccnc3)cc2)cc1. The minimum Gasteiger partial charge on any atom is -0.508 e. The average Bonchev–Trinajstić information content (AvgIpc) is 2.50. The number of aromatic hydroxyl groups is 1. The smallest absolute Gasteiger partial charge is 0.115 e. The van der Waals surface area contributed by atoms with Gasteiger partial charge in [0, 0.05) is 12.4 Å². The summed E-state index contributed by atoms with van der Waals surface area (Å²) in [4.78, 5) is 4.13. The predicted molar refractivity (Wildman–Crippen MR) is 80.6 cm³/mol. The van der Waals surface area contributed by atoms with E-state index in [1.165, 1.54) is 11.1 Å². The maximum atomic E-state index is 9.31. The summed E-state index contributed by atoms with van der Waals surface area (Å²) >= 11 is 0. The van der Waals surface area contributed by atoms with Crippen LogP contribution < -0.4 is 0 Å². The van der Waals surface area contributed by atoms with Crippen molar-refractivity contribution >= 4 is 0 Å². The second-order valence-electron chi connectivity index (χ2n) is 4.78. The standard InChI is InChI=1S/C18H15NO/c20-18-9-7-17(8-10-18)16-5-3-14(4-6-16)12-15-2-1-11-19-13-15/h1-11,13,20H,12H2. The van der Waals surface area contributed by atoms with Crippen LogP contribution in [0.2, 0.25) is 0 Å². The van der Waals surface area contributed by atoms with Crippen LogP contribution in [0.5, 0.6) is 5.75 Å². The van der Waals surface area contributed by atoms with Crippen molar-refractivity contribution in [2.75, 3.05) is 0 Å². The second kappa shape index (κ2) is 5.57. The fourth-order valence-electron chi connectivity index (χ4n) is 2.21. The summed E-state index contributed by atoms with van der Waals surface area (Å²) in [5.41, 5.74) is 4.74. The molecule has 0 saturated carbocycles. The maximum Gasteiger partial charge on any atom is 0.115 e. The molecule has 0 unspecified atom stereocenters. The first kappa shape index (κ1) is 12.4. The van der Waals surface area contributed by atoms with Gasteiger partial charge < -0.3 is 5.11 Å². The molecule has 2 nitrogen and oxygen atoms in total. The van der Waals surface area contributed by atoms with Gasteiger partial charge >= 0.3 is 0 Å². The third-order valence-electron chi connectivity index (χ3n) is 3.29. The minimum atomic E-state index is 0.293. The van der Waals surface area contributed by atoms with Crippen LogP contribution in [0.1, 0.15) is 11.1 Å². The van der Waals surface area contributed by atoms with E-state index in [1.807, 2.05) is 24.4 Å². The fraction of sp³-hybridized carbons (Fsp3) is 0.0556. The number of pyridine rings is 1. The van der Waals surface area contributed by atoms with Gasteiger partial charge in [0.15, 0.2) is 0 Å². The lowest BCUT2D eigenvalue weighted by Crippen LogP contribution is -1.88. The summed E-state index contributed by atoms with van der Waals surface area (Å²) in [6.07, 6.45) is 4.58. The topological polar surface area (TPSA) is 33.1 Å². The Hall–Kier alpha value is -2.61. The molecule has 2 aromatic carbocycles. The summed E-state index contributed by atoms with van der Waals surface area (Å²) in [6, 6.07) is 19.8. The summed E-state index contributed by atoms with van der Waals surface area (Å²) in [6.45, 7) is 0. The van der Waals surface area contributed by atoms with Gasteiger partial charge in [0.25, 0.3) is 0 Å². The lowest BCUT2D eigenvalue weighted by atomic mass is 10.0. The van der Waals surface area contributed by atoms with Gasteiger partial charge in [-0.25, -0.2) is 0 Å². The molecule has 98 valence electrons. The number of benzene rings is 2. The fourth-order valence-corrected chi connectivity index (χ4v) is 2.21. The Morgan fingerprint density at radius 1 is 0.750 bits per heavy atom.